The Balaban J connectivity index is 1.20. The molecule has 2 N–H and O–H groups in total. The van der Waals surface area contributed by atoms with Gasteiger partial charge in [-0.1, -0.05) is 12.1 Å². The molecule has 2 aliphatic rings. The minimum Gasteiger partial charge on any atom is -0.493 e. The number of nitrogens with zero attached hydrogens (tertiary/aromatic N) is 1. The SMILES string of the molecule is COc1cc([C@@H](C)O)ccc1OCCCN1CCC([C@@H]2NOc3cc(F)ccc32)CC1. The van der Waals surface area contributed by atoms with Gasteiger partial charge in [-0.15, -0.1) is 5.48 Å². The van der Waals surface area contributed by atoms with E-state index >= 15 is 0 Å². The van der Waals surface area contributed by atoms with Crippen molar-refractivity contribution < 1.29 is 23.8 Å². The highest BCUT2D eigenvalue weighted by molar-refractivity contribution is 5.43. The first kappa shape index (κ1) is 21.9. The molecule has 0 unspecified atom stereocenters. The number of aliphatic hydroxyl groups excluding tert-OH is 1. The molecule has 1 fully saturated rings. The van der Waals surface area contributed by atoms with Crippen LogP contribution >= 0.6 is 0 Å². The van der Waals surface area contributed by atoms with Gasteiger partial charge in [0.2, 0.25) is 0 Å². The van der Waals surface area contributed by atoms with Crippen LogP contribution in [-0.2, 0) is 0 Å². The van der Waals surface area contributed by atoms with E-state index in [4.69, 9.17) is 14.3 Å². The van der Waals surface area contributed by atoms with E-state index < -0.39 is 6.10 Å². The van der Waals surface area contributed by atoms with E-state index in [-0.39, 0.29) is 11.9 Å². The van der Waals surface area contributed by atoms with Gasteiger partial charge in [0.1, 0.15) is 5.82 Å². The zero-order valence-corrected chi connectivity index (χ0v) is 18.1. The predicted octanol–water partition coefficient (Wildman–Crippen LogP) is 4.01. The van der Waals surface area contributed by atoms with Crippen LogP contribution in [0.5, 0.6) is 17.2 Å². The number of benzene rings is 2. The van der Waals surface area contributed by atoms with Gasteiger partial charge in [-0.25, -0.2) is 4.39 Å². The molecule has 7 heteroatoms. The van der Waals surface area contributed by atoms with Crippen LogP contribution in [0.2, 0.25) is 0 Å². The van der Waals surface area contributed by atoms with Gasteiger partial charge in [0.25, 0.3) is 0 Å². The van der Waals surface area contributed by atoms with E-state index in [9.17, 15) is 9.50 Å². The number of ether oxygens (including phenoxy) is 2. The van der Waals surface area contributed by atoms with Crippen LogP contribution < -0.4 is 19.8 Å². The zero-order valence-electron chi connectivity index (χ0n) is 18.1. The van der Waals surface area contributed by atoms with E-state index in [0.29, 0.717) is 29.8 Å². The number of rotatable bonds is 8. The molecule has 0 spiro atoms. The molecule has 0 aliphatic carbocycles. The van der Waals surface area contributed by atoms with Crippen LogP contribution in [0.1, 0.15) is 49.5 Å². The predicted molar refractivity (Wildman–Crippen MR) is 116 cm³/mol. The smallest absolute Gasteiger partial charge is 0.161 e. The monoisotopic (exact) mass is 430 g/mol. The van der Waals surface area contributed by atoms with Crippen LogP contribution in [0.3, 0.4) is 0 Å². The lowest BCUT2D eigenvalue weighted by molar-refractivity contribution is 0.109. The number of hydroxylamine groups is 1. The van der Waals surface area contributed by atoms with Gasteiger partial charge >= 0.3 is 0 Å². The van der Waals surface area contributed by atoms with Crippen molar-refractivity contribution in [1.29, 1.82) is 0 Å². The Morgan fingerprint density at radius 3 is 2.74 bits per heavy atom. The van der Waals surface area contributed by atoms with Crippen molar-refractivity contribution in [3.05, 3.63) is 53.3 Å². The number of likely N-dealkylation sites (tertiary alicyclic amines) is 1. The quantitative estimate of drug-likeness (QED) is 0.617. The van der Waals surface area contributed by atoms with Crippen molar-refractivity contribution in [2.75, 3.05) is 33.4 Å². The maximum absolute atomic E-state index is 13.4. The second-order valence-corrected chi connectivity index (χ2v) is 8.35. The molecule has 2 aromatic rings. The maximum atomic E-state index is 13.4. The number of piperidine rings is 1. The van der Waals surface area contributed by atoms with Crippen LogP contribution in [0.25, 0.3) is 0 Å². The Labute approximate surface area is 182 Å². The molecular formula is C24H31FN2O4. The Morgan fingerprint density at radius 2 is 2.00 bits per heavy atom. The van der Waals surface area contributed by atoms with Gasteiger partial charge < -0.3 is 24.3 Å². The molecule has 2 aromatic carbocycles. The Bertz CT molecular complexity index is 884. The minimum atomic E-state index is -0.536. The molecule has 4 rings (SSSR count). The molecule has 168 valence electrons. The molecule has 2 heterocycles. The molecule has 2 atom stereocenters. The van der Waals surface area contributed by atoms with Crippen molar-refractivity contribution in [2.45, 2.75) is 38.3 Å². The van der Waals surface area contributed by atoms with E-state index in [2.05, 4.69) is 10.4 Å². The van der Waals surface area contributed by atoms with E-state index in [1.165, 1.54) is 12.1 Å². The van der Waals surface area contributed by atoms with Crippen molar-refractivity contribution in [3.63, 3.8) is 0 Å². The summed E-state index contributed by atoms with van der Waals surface area (Å²) < 4.78 is 24.7. The third kappa shape index (κ3) is 5.11. The summed E-state index contributed by atoms with van der Waals surface area (Å²) in [7, 11) is 1.61. The number of aliphatic hydroxyl groups is 1. The Morgan fingerprint density at radius 1 is 1.19 bits per heavy atom. The summed E-state index contributed by atoms with van der Waals surface area (Å²) in [6, 6.07) is 10.5. The topological polar surface area (TPSA) is 63.2 Å². The summed E-state index contributed by atoms with van der Waals surface area (Å²) in [5.41, 5.74) is 4.96. The van der Waals surface area contributed by atoms with E-state index in [1.807, 2.05) is 24.3 Å². The summed E-state index contributed by atoms with van der Waals surface area (Å²) >= 11 is 0. The van der Waals surface area contributed by atoms with Gasteiger partial charge in [-0.2, -0.15) is 0 Å². The van der Waals surface area contributed by atoms with Crippen molar-refractivity contribution in [2.24, 2.45) is 5.92 Å². The second kappa shape index (κ2) is 9.85. The zero-order chi connectivity index (χ0) is 21.8. The third-order valence-electron chi connectivity index (χ3n) is 6.26. The number of halogens is 1. The lowest BCUT2D eigenvalue weighted by Gasteiger charge is -2.34. The number of hydrogen-bond acceptors (Lipinski definition) is 6. The fourth-order valence-electron chi connectivity index (χ4n) is 4.44. The fraction of sp³-hybridized carbons (Fsp3) is 0.500. The second-order valence-electron chi connectivity index (χ2n) is 8.35. The van der Waals surface area contributed by atoms with Crippen molar-refractivity contribution >= 4 is 0 Å². The molecule has 0 amide bonds. The summed E-state index contributed by atoms with van der Waals surface area (Å²) in [6.07, 6.45) is 2.55. The summed E-state index contributed by atoms with van der Waals surface area (Å²) in [5.74, 6) is 2.17. The Kier molecular flexibility index (Phi) is 6.95. The van der Waals surface area contributed by atoms with Crippen LogP contribution in [0.15, 0.2) is 36.4 Å². The molecule has 0 aromatic heterocycles. The number of nitrogens with one attached hydrogen (secondary N) is 1. The van der Waals surface area contributed by atoms with Crippen molar-refractivity contribution in [1.82, 2.24) is 10.4 Å². The average molecular weight is 431 g/mol. The first-order chi connectivity index (χ1) is 15.0. The summed E-state index contributed by atoms with van der Waals surface area (Å²) in [6.45, 7) is 5.39. The highest BCUT2D eigenvalue weighted by Gasteiger charge is 2.33. The molecule has 0 saturated carbocycles. The molecule has 2 aliphatic heterocycles. The van der Waals surface area contributed by atoms with Gasteiger partial charge in [0.05, 0.1) is 25.9 Å². The first-order valence-corrected chi connectivity index (χ1v) is 11.0. The van der Waals surface area contributed by atoms with Crippen LogP contribution in [0, 0.1) is 11.7 Å². The third-order valence-corrected chi connectivity index (χ3v) is 6.26. The van der Waals surface area contributed by atoms with Crippen LogP contribution in [0.4, 0.5) is 4.39 Å². The standard InChI is InChI=1S/C24H31FN2O4/c1-16(28)18-4-7-21(23(14-18)29-2)30-13-3-10-27-11-8-17(9-12-27)24-20-6-5-19(25)15-22(20)31-26-24/h4-7,14-17,24,26,28H,3,8-13H2,1-2H3/t16-,24+/m1/s1. The lowest BCUT2D eigenvalue weighted by atomic mass is 9.86. The van der Waals surface area contributed by atoms with E-state index in [0.717, 1.165) is 50.0 Å². The number of methoxy groups -OCH3 is 1. The number of fused-ring (bicyclic) bond motifs is 1. The maximum Gasteiger partial charge on any atom is 0.161 e. The van der Waals surface area contributed by atoms with Crippen LogP contribution in [-0.4, -0.2) is 43.4 Å². The average Bonchev–Trinajstić information content (AvgIpc) is 3.20. The van der Waals surface area contributed by atoms with Gasteiger partial charge in [-0.05, 0) is 69.0 Å². The number of hydrogen-bond donors (Lipinski definition) is 2. The fourth-order valence-corrected chi connectivity index (χ4v) is 4.44. The molecular weight excluding hydrogens is 399 g/mol. The lowest BCUT2D eigenvalue weighted by Crippen LogP contribution is -2.38. The Hall–Kier alpha value is -2.35. The van der Waals surface area contributed by atoms with Gasteiger partial charge in [-0.3, -0.25) is 0 Å². The normalized spacial score (nSPS) is 20.2. The molecule has 6 nitrogen and oxygen atoms in total. The van der Waals surface area contributed by atoms with Crippen molar-refractivity contribution in [3.8, 4) is 17.2 Å². The summed E-state index contributed by atoms with van der Waals surface area (Å²) in [4.78, 5) is 7.96. The van der Waals surface area contributed by atoms with E-state index in [1.54, 1.807) is 14.0 Å². The highest BCUT2D eigenvalue weighted by Crippen LogP contribution is 2.39. The highest BCUT2D eigenvalue weighted by atomic mass is 19.1. The molecule has 1 saturated heterocycles. The molecule has 31 heavy (non-hydrogen) atoms. The van der Waals surface area contributed by atoms with Gasteiger partial charge in [0.15, 0.2) is 17.2 Å². The van der Waals surface area contributed by atoms with Gasteiger partial charge in [0, 0.05) is 18.2 Å². The molecule has 0 radical (unpaired) electrons. The molecule has 0 bridgehead atoms. The largest absolute Gasteiger partial charge is 0.493 e. The first-order valence-electron chi connectivity index (χ1n) is 11.0. The summed E-state index contributed by atoms with van der Waals surface area (Å²) in [5, 5.41) is 9.71. The minimum absolute atomic E-state index is 0.137.